The Kier molecular flexibility index (Phi) is 3.92. The van der Waals surface area contributed by atoms with Crippen LogP contribution in [0.3, 0.4) is 0 Å². The van der Waals surface area contributed by atoms with Gasteiger partial charge in [0, 0.05) is 0 Å². The zero-order valence-corrected chi connectivity index (χ0v) is 7.88. The van der Waals surface area contributed by atoms with Crippen LogP contribution < -0.4 is 0 Å². The van der Waals surface area contributed by atoms with E-state index < -0.39 is 0 Å². The maximum Gasteiger partial charge on any atom is 0.0978 e. The third-order valence-corrected chi connectivity index (χ3v) is 2.18. The van der Waals surface area contributed by atoms with E-state index in [4.69, 9.17) is 4.74 Å². The van der Waals surface area contributed by atoms with Crippen LogP contribution in [0, 0.1) is 0 Å². The van der Waals surface area contributed by atoms with Gasteiger partial charge < -0.3 is 4.74 Å². The fourth-order valence-corrected chi connectivity index (χ4v) is 1.47. The SMILES string of the molecule is C=C(C)C=COC1CCCCC1. The molecule has 1 heteroatoms. The van der Waals surface area contributed by atoms with Crippen LogP contribution in [0.15, 0.2) is 24.5 Å². The van der Waals surface area contributed by atoms with Crippen molar-refractivity contribution in [1.82, 2.24) is 0 Å². The second-order valence-electron chi connectivity index (χ2n) is 3.55. The quantitative estimate of drug-likeness (QED) is 0.461. The summed E-state index contributed by atoms with van der Waals surface area (Å²) in [5.74, 6) is 0. The molecule has 68 valence electrons. The van der Waals surface area contributed by atoms with Crippen LogP contribution in [-0.2, 0) is 4.74 Å². The normalized spacial score (nSPS) is 19.8. The zero-order chi connectivity index (χ0) is 8.81. The van der Waals surface area contributed by atoms with Gasteiger partial charge in [-0.3, -0.25) is 0 Å². The van der Waals surface area contributed by atoms with E-state index >= 15 is 0 Å². The molecule has 1 saturated carbocycles. The minimum Gasteiger partial charge on any atom is -0.498 e. The average Bonchev–Trinajstić information content (AvgIpc) is 2.05. The van der Waals surface area contributed by atoms with Crippen molar-refractivity contribution in [3.05, 3.63) is 24.5 Å². The van der Waals surface area contributed by atoms with Gasteiger partial charge in [-0.05, 0) is 38.7 Å². The lowest BCUT2D eigenvalue weighted by Gasteiger charge is -2.20. The third kappa shape index (κ3) is 3.61. The number of hydrogen-bond acceptors (Lipinski definition) is 1. The van der Waals surface area contributed by atoms with Gasteiger partial charge >= 0.3 is 0 Å². The average molecular weight is 166 g/mol. The van der Waals surface area contributed by atoms with E-state index in [2.05, 4.69) is 6.58 Å². The molecule has 0 heterocycles. The molecule has 0 amide bonds. The maximum atomic E-state index is 5.55. The van der Waals surface area contributed by atoms with Gasteiger partial charge in [0.25, 0.3) is 0 Å². The highest BCUT2D eigenvalue weighted by Gasteiger charge is 2.12. The highest BCUT2D eigenvalue weighted by atomic mass is 16.5. The largest absolute Gasteiger partial charge is 0.498 e. The predicted octanol–water partition coefficient (Wildman–Crippen LogP) is 3.43. The van der Waals surface area contributed by atoms with Gasteiger partial charge in [-0.2, -0.15) is 0 Å². The first-order chi connectivity index (χ1) is 5.79. The number of hydrogen-bond donors (Lipinski definition) is 0. The van der Waals surface area contributed by atoms with Gasteiger partial charge in [-0.15, -0.1) is 0 Å². The van der Waals surface area contributed by atoms with Crippen molar-refractivity contribution < 1.29 is 4.74 Å². The Bertz CT molecular complexity index is 164. The number of ether oxygens (including phenoxy) is 1. The van der Waals surface area contributed by atoms with Crippen LogP contribution in [0.5, 0.6) is 0 Å². The molecule has 0 spiro atoms. The predicted molar refractivity (Wildman–Crippen MR) is 51.9 cm³/mol. The molecule has 0 aliphatic heterocycles. The maximum absolute atomic E-state index is 5.55. The molecule has 0 aromatic carbocycles. The van der Waals surface area contributed by atoms with Crippen molar-refractivity contribution in [2.45, 2.75) is 45.1 Å². The monoisotopic (exact) mass is 166 g/mol. The van der Waals surface area contributed by atoms with Gasteiger partial charge in [-0.1, -0.05) is 18.6 Å². The third-order valence-electron chi connectivity index (χ3n) is 2.18. The summed E-state index contributed by atoms with van der Waals surface area (Å²) in [4.78, 5) is 0. The summed E-state index contributed by atoms with van der Waals surface area (Å²) in [5, 5.41) is 0. The highest BCUT2D eigenvalue weighted by molar-refractivity contribution is 5.08. The fourth-order valence-electron chi connectivity index (χ4n) is 1.47. The molecule has 0 aromatic heterocycles. The van der Waals surface area contributed by atoms with Gasteiger partial charge in [0.15, 0.2) is 0 Å². The Morgan fingerprint density at radius 3 is 2.58 bits per heavy atom. The summed E-state index contributed by atoms with van der Waals surface area (Å²) in [6, 6.07) is 0. The summed E-state index contributed by atoms with van der Waals surface area (Å²) in [6.45, 7) is 5.74. The first kappa shape index (κ1) is 9.37. The lowest BCUT2D eigenvalue weighted by molar-refractivity contribution is 0.106. The smallest absolute Gasteiger partial charge is 0.0978 e. The Hall–Kier alpha value is -0.720. The molecule has 1 rings (SSSR count). The molecular formula is C11H18O. The Morgan fingerprint density at radius 2 is 2.00 bits per heavy atom. The van der Waals surface area contributed by atoms with E-state index in [9.17, 15) is 0 Å². The second kappa shape index (κ2) is 5.02. The highest BCUT2D eigenvalue weighted by Crippen LogP contribution is 2.20. The molecule has 0 bridgehead atoms. The molecule has 1 nitrogen and oxygen atoms in total. The van der Waals surface area contributed by atoms with Crippen LogP contribution in [0.2, 0.25) is 0 Å². The number of rotatable bonds is 3. The molecule has 1 fully saturated rings. The van der Waals surface area contributed by atoms with Crippen LogP contribution >= 0.6 is 0 Å². The van der Waals surface area contributed by atoms with Crippen molar-refractivity contribution in [3.8, 4) is 0 Å². The Morgan fingerprint density at radius 1 is 1.33 bits per heavy atom. The van der Waals surface area contributed by atoms with E-state index in [1.165, 1.54) is 32.1 Å². The van der Waals surface area contributed by atoms with Crippen molar-refractivity contribution in [3.63, 3.8) is 0 Å². The summed E-state index contributed by atoms with van der Waals surface area (Å²) in [7, 11) is 0. The van der Waals surface area contributed by atoms with E-state index in [0.29, 0.717) is 6.10 Å². The summed E-state index contributed by atoms with van der Waals surface area (Å²) >= 11 is 0. The summed E-state index contributed by atoms with van der Waals surface area (Å²) in [6.07, 6.45) is 10.7. The van der Waals surface area contributed by atoms with E-state index in [0.717, 1.165) is 5.57 Å². The van der Waals surface area contributed by atoms with Crippen molar-refractivity contribution in [1.29, 1.82) is 0 Å². The van der Waals surface area contributed by atoms with E-state index in [-0.39, 0.29) is 0 Å². The molecule has 0 aromatic rings. The molecule has 0 N–H and O–H groups in total. The standard InChI is InChI=1S/C11H18O/c1-10(2)8-9-12-11-6-4-3-5-7-11/h8-9,11H,1,3-7H2,2H3. The Labute approximate surface area is 75.1 Å². The molecule has 0 saturated heterocycles. The fraction of sp³-hybridized carbons (Fsp3) is 0.636. The first-order valence-electron chi connectivity index (χ1n) is 4.76. The molecule has 0 atom stereocenters. The molecule has 1 aliphatic carbocycles. The van der Waals surface area contributed by atoms with Crippen molar-refractivity contribution >= 4 is 0 Å². The number of allylic oxidation sites excluding steroid dienone is 2. The van der Waals surface area contributed by atoms with Crippen molar-refractivity contribution in [2.75, 3.05) is 0 Å². The molecule has 12 heavy (non-hydrogen) atoms. The summed E-state index contributed by atoms with van der Waals surface area (Å²) in [5.41, 5.74) is 1.05. The van der Waals surface area contributed by atoms with Gasteiger partial charge in [0.1, 0.15) is 0 Å². The van der Waals surface area contributed by atoms with Crippen LogP contribution in [0.4, 0.5) is 0 Å². The minimum atomic E-state index is 0.467. The van der Waals surface area contributed by atoms with E-state index in [1.54, 1.807) is 6.26 Å². The molecular weight excluding hydrogens is 148 g/mol. The zero-order valence-electron chi connectivity index (χ0n) is 7.88. The lowest BCUT2D eigenvalue weighted by Crippen LogP contribution is -2.13. The van der Waals surface area contributed by atoms with Crippen LogP contribution in [0.25, 0.3) is 0 Å². The lowest BCUT2D eigenvalue weighted by atomic mass is 9.98. The summed E-state index contributed by atoms with van der Waals surface area (Å²) < 4.78 is 5.55. The van der Waals surface area contributed by atoms with Gasteiger partial charge in [-0.25, -0.2) is 0 Å². The van der Waals surface area contributed by atoms with Gasteiger partial charge in [0.2, 0.25) is 0 Å². The minimum absolute atomic E-state index is 0.467. The molecule has 1 aliphatic rings. The first-order valence-corrected chi connectivity index (χ1v) is 4.76. The molecule has 0 unspecified atom stereocenters. The second-order valence-corrected chi connectivity index (χ2v) is 3.55. The Balaban J connectivity index is 2.17. The molecule has 0 radical (unpaired) electrons. The van der Waals surface area contributed by atoms with Crippen LogP contribution in [0.1, 0.15) is 39.0 Å². The van der Waals surface area contributed by atoms with Crippen molar-refractivity contribution in [2.24, 2.45) is 0 Å². The van der Waals surface area contributed by atoms with E-state index in [1.807, 2.05) is 13.0 Å². The van der Waals surface area contributed by atoms with Gasteiger partial charge in [0.05, 0.1) is 12.4 Å². The topological polar surface area (TPSA) is 9.23 Å². The van der Waals surface area contributed by atoms with Crippen LogP contribution in [-0.4, -0.2) is 6.10 Å².